The molecule has 0 bridgehead atoms. The largest absolute Gasteiger partial charge is 0.508 e. The number of rotatable bonds is 10. The van der Waals surface area contributed by atoms with E-state index in [1.807, 2.05) is 13.8 Å². The number of hydrogen-bond donors (Lipinski definition) is 4. The molecule has 1 aromatic carbocycles. The molecular weight excluding hydrogens is 464 g/mol. The second-order valence-electron chi connectivity index (χ2n) is 7.35. The van der Waals surface area contributed by atoms with Crippen LogP contribution in [0.25, 0.3) is 0 Å². The van der Waals surface area contributed by atoms with Crippen LogP contribution >= 0.6 is 23.2 Å². The van der Waals surface area contributed by atoms with E-state index in [1.165, 1.54) is 19.1 Å². The number of pyridine rings is 1. The van der Waals surface area contributed by atoms with Gasteiger partial charge in [-0.15, -0.1) is 0 Å². The number of aliphatic carboxylic acids is 1. The van der Waals surface area contributed by atoms with Crippen LogP contribution in [0.1, 0.15) is 45.1 Å². The van der Waals surface area contributed by atoms with Gasteiger partial charge in [0.15, 0.2) is 11.6 Å². The number of aromatic nitrogens is 1. The Morgan fingerprint density at radius 2 is 1.94 bits per heavy atom. The summed E-state index contributed by atoms with van der Waals surface area (Å²) in [5.41, 5.74) is 0.634. The third-order valence-corrected chi connectivity index (χ3v) is 5.15. The van der Waals surface area contributed by atoms with Gasteiger partial charge in [0.25, 0.3) is 0 Å². The lowest BCUT2D eigenvalue weighted by Gasteiger charge is -2.16. The van der Waals surface area contributed by atoms with Crippen molar-refractivity contribution < 1.29 is 28.9 Å². The first-order valence-electron chi connectivity index (χ1n) is 9.80. The Balaban J connectivity index is 2.16. The molecule has 0 saturated heterocycles. The van der Waals surface area contributed by atoms with Crippen molar-refractivity contribution in [1.29, 1.82) is 0 Å². The van der Waals surface area contributed by atoms with Crippen LogP contribution < -0.4 is 15.4 Å². The standard InChI is InChI=1S/C21H24Cl2FN3O5/c1-10(2)13-9-12(6-7-15(13)29)32-18-16(22)19(24)27-20(17(18)23)25-8-4-5-14(21(30)31)26-11(3)28/h6-7,9-10,14,29H,4-5,8H2,1-3H3,(H,25,27)(H,26,28)(H,30,31). The molecule has 2 aromatic rings. The summed E-state index contributed by atoms with van der Waals surface area (Å²) >= 11 is 12.3. The third-order valence-electron chi connectivity index (χ3n) is 4.48. The minimum absolute atomic E-state index is 0.0167. The van der Waals surface area contributed by atoms with Crippen LogP contribution in [0.5, 0.6) is 17.2 Å². The van der Waals surface area contributed by atoms with E-state index in [-0.39, 0.29) is 41.2 Å². The minimum Gasteiger partial charge on any atom is -0.508 e. The first kappa shape index (κ1) is 25.5. The summed E-state index contributed by atoms with van der Waals surface area (Å²) in [6.45, 7) is 5.23. The van der Waals surface area contributed by atoms with Gasteiger partial charge in [-0.1, -0.05) is 37.0 Å². The molecule has 0 aliphatic heterocycles. The van der Waals surface area contributed by atoms with E-state index in [1.54, 1.807) is 6.07 Å². The summed E-state index contributed by atoms with van der Waals surface area (Å²) < 4.78 is 20.0. The average molecular weight is 488 g/mol. The number of halogens is 3. The summed E-state index contributed by atoms with van der Waals surface area (Å²) in [4.78, 5) is 26.0. The predicted molar refractivity (Wildman–Crippen MR) is 119 cm³/mol. The number of ether oxygens (including phenoxy) is 1. The van der Waals surface area contributed by atoms with Gasteiger partial charge in [-0.05, 0) is 37.0 Å². The Morgan fingerprint density at radius 1 is 1.25 bits per heavy atom. The van der Waals surface area contributed by atoms with E-state index < -0.39 is 28.9 Å². The number of phenols is 1. The van der Waals surface area contributed by atoms with Crippen molar-refractivity contribution in [2.75, 3.05) is 11.9 Å². The highest BCUT2D eigenvalue weighted by Gasteiger charge is 2.21. The van der Waals surface area contributed by atoms with Crippen molar-refractivity contribution in [3.8, 4) is 17.2 Å². The van der Waals surface area contributed by atoms with E-state index in [9.17, 15) is 19.1 Å². The number of carboxylic acid groups (broad SMARTS) is 1. The van der Waals surface area contributed by atoms with Crippen molar-refractivity contribution in [3.05, 3.63) is 39.8 Å². The topological polar surface area (TPSA) is 121 Å². The smallest absolute Gasteiger partial charge is 0.326 e. The van der Waals surface area contributed by atoms with Gasteiger partial charge in [0.1, 0.15) is 27.6 Å². The number of phenolic OH excluding ortho intramolecular Hbond substituents is 1. The number of carbonyl (C=O) groups is 2. The maximum atomic E-state index is 14.3. The maximum absolute atomic E-state index is 14.3. The second-order valence-corrected chi connectivity index (χ2v) is 8.10. The molecule has 0 aliphatic rings. The second kappa shape index (κ2) is 11.2. The van der Waals surface area contributed by atoms with Gasteiger partial charge in [0, 0.05) is 19.0 Å². The van der Waals surface area contributed by atoms with Crippen LogP contribution in [0.2, 0.25) is 10.0 Å². The number of anilines is 1. The SMILES string of the molecule is CC(=O)NC(CCCNc1nc(F)c(Cl)c(Oc2ccc(O)c(C(C)C)c2)c1Cl)C(=O)O. The maximum Gasteiger partial charge on any atom is 0.326 e. The van der Waals surface area contributed by atoms with E-state index in [0.717, 1.165) is 0 Å². The predicted octanol–water partition coefficient (Wildman–Crippen LogP) is 4.93. The normalized spacial score (nSPS) is 11.8. The fourth-order valence-corrected chi connectivity index (χ4v) is 3.36. The van der Waals surface area contributed by atoms with Crippen molar-refractivity contribution in [2.45, 2.75) is 45.6 Å². The van der Waals surface area contributed by atoms with E-state index >= 15 is 0 Å². The van der Waals surface area contributed by atoms with Crippen LogP contribution in [0, 0.1) is 5.95 Å². The average Bonchev–Trinajstić information content (AvgIpc) is 2.71. The molecular formula is C21H24Cl2FN3O5. The van der Waals surface area contributed by atoms with Crippen molar-refractivity contribution >= 4 is 40.9 Å². The molecule has 1 amide bonds. The molecule has 8 nitrogen and oxygen atoms in total. The fraction of sp³-hybridized carbons (Fsp3) is 0.381. The van der Waals surface area contributed by atoms with Gasteiger partial charge >= 0.3 is 5.97 Å². The van der Waals surface area contributed by atoms with E-state index in [4.69, 9.17) is 33.0 Å². The lowest BCUT2D eigenvalue weighted by Crippen LogP contribution is -2.39. The molecule has 1 aromatic heterocycles. The van der Waals surface area contributed by atoms with Crippen molar-refractivity contribution in [1.82, 2.24) is 10.3 Å². The summed E-state index contributed by atoms with van der Waals surface area (Å²) in [5.74, 6) is -2.37. The van der Waals surface area contributed by atoms with Gasteiger partial charge in [-0.3, -0.25) is 4.79 Å². The molecule has 2 rings (SSSR count). The molecule has 1 heterocycles. The van der Waals surface area contributed by atoms with Gasteiger partial charge < -0.3 is 25.6 Å². The molecule has 4 N–H and O–H groups in total. The Bertz CT molecular complexity index is 1000. The minimum atomic E-state index is -1.15. The highest BCUT2D eigenvalue weighted by Crippen LogP contribution is 2.42. The molecule has 0 saturated carbocycles. The number of nitrogens with one attached hydrogen (secondary N) is 2. The van der Waals surface area contributed by atoms with Gasteiger partial charge in [0.2, 0.25) is 11.9 Å². The van der Waals surface area contributed by atoms with Crippen LogP contribution in [0.15, 0.2) is 18.2 Å². The molecule has 174 valence electrons. The Morgan fingerprint density at radius 3 is 2.53 bits per heavy atom. The van der Waals surface area contributed by atoms with E-state index in [2.05, 4.69) is 15.6 Å². The van der Waals surface area contributed by atoms with Gasteiger partial charge in [-0.25, -0.2) is 4.79 Å². The Labute approximate surface area is 194 Å². The lowest BCUT2D eigenvalue weighted by molar-refractivity contribution is -0.141. The fourth-order valence-electron chi connectivity index (χ4n) is 2.89. The number of amides is 1. The summed E-state index contributed by atoms with van der Waals surface area (Å²) in [7, 11) is 0. The summed E-state index contributed by atoms with van der Waals surface area (Å²) in [6.07, 6.45) is 0.468. The zero-order valence-corrected chi connectivity index (χ0v) is 19.2. The number of nitrogens with zero attached hydrogens (tertiary/aromatic N) is 1. The molecule has 32 heavy (non-hydrogen) atoms. The number of aromatic hydroxyl groups is 1. The molecule has 0 fully saturated rings. The Hall–Kier alpha value is -2.78. The Kier molecular flexibility index (Phi) is 8.91. The molecule has 1 unspecified atom stereocenters. The monoisotopic (exact) mass is 487 g/mol. The first-order chi connectivity index (χ1) is 15.0. The zero-order valence-electron chi connectivity index (χ0n) is 17.7. The number of hydrogen-bond acceptors (Lipinski definition) is 6. The van der Waals surface area contributed by atoms with Gasteiger partial charge in [-0.2, -0.15) is 9.37 Å². The molecule has 11 heteroatoms. The summed E-state index contributed by atoms with van der Waals surface area (Å²) in [6, 6.07) is 3.51. The third kappa shape index (κ3) is 6.61. The lowest BCUT2D eigenvalue weighted by atomic mass is 10.0. The highest BCUT2D eigenvalue weighted by molar-refractivity contribution is 6.38. The molecule has 0 aliphatic carbocycles. The molecule has 0 radical (unpaired) electrons. The van der Waals surface area contributed by atoms with Crippen LogP contribution in [-0.2, 0) is 9.59 Å². The van der Waals surface area contributed by atoms with E-state index in [0.29, 0.717) is 17.7 Å². The molecule has 1 atom stereocenters. The van der Waals surface area contributed by atoms with Crippen molar-refractivity contribution in [2.24, 2.45) is 0 Å². The number of carbonyl (C=O) groups excluding carboxylic acids is 1. The zero-order chi connectivity index (χ0) is 24.0. The first-order valence-corrected chi connectivity index (χ1v) is 10.6. The molecule has 0 spiro atoms. The summed E-state index contributed by atoms with van der Waals surface area (Å²) in [5, 5.41) is 23.8. The van der Waals surface area contributed by atoms with Crippen molar-refractivity contribution in [3.63, 3.8) is 0 Å². The van der Waals surface area contributed by atoms with Crippen LogP contribution in [0.3, 0.4) is 0 Å². The van der Waals surface area contributed by atoms with Crippen LogP contribution in [-0.4, -0.2) is 39.7 Å². The number of carboxylic acids is 1. The number of benzene rings is 1. The van der Waals surface area contributed by atoms with Crippen LogP contribution in [0.4, 0.5) is 10.2 Å². The highest BCUT2D eigenvalue weighted by atomic mass is 35.5. The quantitative estimate of drug-likeness (QED) is 0.276. The van der Waals surface area contributed by atoms with Gasteiger partial charge in [0.05, 0.1) is 0 Å².